The first-order chi connectivity index (χ1) is 16.4. The largest absolute Gasteiger partial charge is 0.396 e. The molecule has 34 heavy (non-hydrogen) atoms. The fourth-order valence-corrected chi connectivity index (χ4v) is 3.33. The zero-order valence-corrected chi connectivity index (χ0v) is 20.6. The molecule has 3 N–H and O–H groups in total. The number of aliphatic imine (C=N–C) groups is 1. The number of nitrogen functional groups attached to an aromatic ring is 1. The first-order valence-corrected chi connectivity index (χ1v) is 11.4. The van der Waals surface area contributed by atoms with E-state index in [0.717, 1.165) is 27.1 Å². The normalized spacial score (nSPS) is 12.6. The SMILES string of the molecule is CC.C\C(C#N)=C/C=C\C=C\C=Nc1c(N)c2ccc(Cl)cc2c2cc(C#CC(C)O)ccc12. The molecular weight excluding hydrogens is 442 g/mol. The van der Waals surface area contributed by atoms with Crippen LogP contribution in [0.3, 0.4) is 0 Å². The highest BCUT2D eigenvalue weighted by Gasteiger charge is 2.12. The summed E-state index contributed by atoms with van der Waals surface area (Å²) in [6, 6.07) is 13.4. The number of rotatable bonds is 4. The molecule has 3 aromatic carbocycles. The monoisotopic (exact) mass is 469 g/mol. The zero-order chi connectivity index (χ0) is 25.1. The minimum Gasteiger partial charge on any atom is -0.396 e. The van der Waals surface area contributed by atoms with Crippen LogP contribution in [0.15, 0.2) is 77.3 Å². The van der Waals surface area contributed by atoms with Gasteiger partial charge in [0.05, 0.1) is 17.4 Å². The van der Waals surface area contributed by atoms with Crippen molar-refractivity contribution in [3.05, 3.63) is 82.9 Å². The van der Waals surface area contributed by atoms with E-state index >= 15 is 0 Å². The highest BCUT2D eigenvalue weighted by Crippen LogP contribution is 2.41. The van der Waals surface area contributed by atoms with Crippen LogP contribution in [-0.2, 0) is 0 Å². The molecule has 0 amide bonds. The van der Waals surface area contributed by atoms with Crippen LogP contribution in [0.5, 0.6) is 0 Å². The van der Waals surface area contributed by atoms with Crippen LogP contribution in [0.1, 0.15) is 33.3 Å². The molecule has 1 unspecified atom stereocenters. The minimum absolute atomic E-state index is 0.569. The number of nitrogens with two attached hydrogens (primary N) is 1. The first-order valence-electron chi connectivity index (χ1n) is 11.0. The van der Waals surface area contributed by atoms with Crippen LogP contribution in [0.2, 0.25) is 5.02 Å². The highest BCUT2D eigenvalue weighted by atomic mass is 35.5. The van der Waals surface area contributed by atoms with E-state index in [0.29, 0.717) is 22.0 Å². The van der Waals surface area contributed by atoms with Gasteiger partial charge < -0.3 is 10.8 Å². The second-order valence-corrected chi connectivity index (χ2v) is 7.60. The third kappa shape index (κ3) is 6.83. The van der Waals surface area contributed by atoms with Gasteiger partial charge >= 0.3 is 0 Å². The summed E-state index contributed by atoms with van der Waals surface area (Å²) < 4.78 is 0. The first kappa shape index (κ1) is 26.4. The maximum Gasteiger partial charge on any atom is 0.112 e. The maximum absolute atomic E-state index is 9.47. The Kier molecular flexibility index (Phi) is 10.1. The van der Waals surface area contributed by atoms with Crippen LogP contribution < -0.4 is 5.73 Å². The molecule has 0 aromatic heterocycles. The number of fused-ring (bicyclic) bond motifs is 3. The van der Waals surface area contributed by atoms with Gasteiger partial charge in [-0.2, -0.15) is 5.26 Å². The molecular formula is C29H28ClN3O. The second kappa shape index (κ2) is 13.0. The smallest absolute Gasteiger partial charge is 0.112 e. The number of aliphatic hydroxyl groups excluding tert-OH is 1. The Morgan fingerprint density at radius 2 is 1.71 bits per heavy atom. The summed E-state index contributed by atoms with van der Waals surface area (Å²) in [4.78, 5) is 4.61. The van der Waals surface area contributed by atoms with Gasteiger partial charge in [-0.1, -0.05) is 67.7 Å². The van der Waals surface area contributed by atoms with Crippen LogP contribution >= 0.6 is 11.6 Å². The summed E-state index contributed by atoms with van der Waals surface area (Å²) in [6.45, 7) is 7.37. The summed E-state index contributed by atoms with van der Waals surface area (Å²) >= 11 is 6.26. The Labute approximate surface area is 206 Å². The van der Waals surface area contributed by atoms with Crippen LogP contribution in [0.4, 0.5) is 11.4 Å². The standard InChI is InChI=1S/C27H22ClN3O.C2H6/c1-18(17-29)7-5-3-4-6-14-31-27-23-12-10-20(9-8-19(2)32)15-24(23)25-16-21(28)11-13-22(25)26(27)30;1-2/h3-7,10-16,19,32H,30H2,1-2H3;1-2H3/b5-3-,6-4+,18-7+,31-14?;. The number of allylic oxidation sites excluding steroid dienone is 6. The summed E-state index contributed by atoms with van der Waals surface area (Å²) in [6.07, 6.45) is 9.95. The van der Waals surface area contributed by atoms with E-state index < -0.39 is 6.10 Å². The van der Waals surface area contributed by atoms with E-state index in [9.17, 15) is 5.11 Å². The van der Waals surface area contributed by atoms with Crippen LogP contribution in [-0.4, -0.2) is 17.4 Å². The molecule has 0 aliphatic rings. The van der Waals surface area contributed by atoms with E-state index in [1.54, 1.807) is 44.4 Å². The number of anilines is 1. The van der Waals surface area contributed by atoms with Crippen molar-refractivity contribution in [3.63, 3.8) is 0 Å². The summed E-state index contributed by atoms with van der Waals surface area (Å²) in [5.41, 5.74) is 9.14. The molecule has 4 nitrogen and oxygen atoms in total. The van der Waals surface area contributed by atoms with Gasteiger partial charge in [0.15, 0.2) is 0 Å². The fourth-order valence-electron chi connectivity index (χ4n) is 3.16. The molecule has 0 saturated heterocycles. The average Bonchev–Trinajstić information content (AvgIpc) is 2.84. The lowest BCUT2D eigenvalue weighted by atomic mass is 9.97. The number of hydrogen-bond acceptors (Lipinski definition) is 4. The number of nitriles is 1. The van der Waals surface area contributed by atoms with Gasteiger partial charge in [0.25, 0.3) is 0 Å². The Morgan fingerprint density at radius 3 is 2.41 bits per heavy atom. The zero-order valence-electron chi connectivity index (χ0n) is 19.8. The average molecular weight is 470 g/mol. The summed E-state index contributed by atoms with van der Waals surface area (Å²) in [5, 5.41) is 22.4. The summed E-state index contributed by atoms with van der Waals surface area (Å²) in [7, 11) is 0. The fraction of sp³-hybridized carbons (Fsp3) is 0.172. The molecule has 0 saturated carbocycles. The van der Waals surface area contributed by atoms with Crippen molar-refractivity contribution in [2.45, 2.75) is 33.8 Å². The number of hydrogen-bond donors (Lipinski definition) is 2. The van der Waals surface area contributed by atoms with Crippen LogP contribution in [0, 0.1) is 23.2 Å². The Bertz CT molecular complexity index is 1390. The molecule has 0 bridgehead atoms. The van der Waals surface area contributed by atoms with Crippen molar-refractivity contribution in [1.82, 2.24) is 0 Å². The van der Waals surface area contributed by atoms with E-state index in [-0.39, 0.29) is 0 Å². The topological polar surface area (TPSA) is 82.4 Å². The maximum atomic E-state index is 9.47. The number of nitrogens with zero attached hydrogens (tertiary/aromatic N) is 2. The molecule has 3 aromatic rings. The van der Waals surface area contributed by atoms with Gasteiger partial charge in [-0.3, -0.25) is 4.99 Å². The van der Waals surface area contributed by atoms with Crippen molar-refractivity contribution in [2.75, 3.05) is 5.73 Å². The Balaban J connectivity index is 0.00000199. The lowest BCUT2D eigenvalue weighted by Gasteiger charge is -2.12. The third-order valence-electron chi connectivity index (χ3n) is 4.66. The summed E-state index contributed by atoms with van der Waals surface area (Å²) in [5.74, 6) is 5.76. The van der Waals surface area contributed by atoms with E-state index in [1.807, 2.05) is 56.3 Å². The molecule has 0 fully saturated rings. The minimum atomic E-state index is -0.705. The molecule has 0 aliphatic carbocycles. The molecule has 3 rings (SSSR count). The molecule has 0 aliphatic heterocycles. The van der Waals surface area contributed by atoms with E-state index in [2.05, 4.69) is 22.9 Å². The van der Waals surface area contributed by atoms with Gasteiger partial charge in [0.2, 0.25) is 0 Å². The van der Waals surface area contributed by atoms with Gasteiger partial charge in [0, 0.05) is 33.1 Å². The van der Waals surface area contributed by atoms with E-state index in [4.69, 9.17) is 22.6 Å². The van der Waals surface area contributed by atoms with Crippen molar-refractivity contribution in [2.24, 2.45) is 4.99 Å². The molecule has 0 radical (unpaired) electrons. The van der Waals surface area contributed by atoms with Crippen molar-refractivity contribution >= 4 is 50.7 Å². The number of benzene rings is 3. The van der Waals surface area contributed by atoms with Gasteiger partial charge in [-0.15, -0.1) is 0 Å². The number of aliphatic hydroxyl groups is 1. The van der Waals surface area contributed by atoms with Gasteiger partial charge in [-0.05, 0) is 61.0 Å². The van der Waals surface area contributed by atoms with E-state index in [1.165, 1.54) is 0 Å². The molecule has 0 heterocycles. The molecule has 0 spiro atoms. The van der Waals surface area contributed by atoms with Crippen molar-refractivity contribution in [3.8, 4) is 17.9 Å². The third-order valence-corrected chi connectivity index (χ3v) is 4.90. The van der Waals surface area contributed by atoms with Crippen LogP contribution in [0.25, 0.3) is 21.5 Å². The number of halogens is 1. The highest BCUT2D eigenvalue weighted by molar-refractivity contribution is 6.32. The van der Waals surface area contributed by atoms with Crippen molar-refractivity contribution in [1.29, 1.82) is 5.26 Å². The second-order valence-electron chi connectivity index (χ2n) is 7.17. The molecule has 1 atom stereocenters. The quantitative estimate of drug-likeness (QED) is 0.105. The predicted molar refractivity (Wildman–Crippen MR) is 147 cm³/mol. The molecule has 172 valence electrons. The van der Waals surface area contributed by atoms with Gasteiger partial charge in [-0.25, -0.2) is 0 Å². The molecule has 5 heteroatoms. The van der Waals surface area contributed by atoms with Gasteiger partial charge in [0.1, 0.15) is 6.10 Å². The van der Waals surface area contributed by atoms with Crippen molar-refractivity contribution < 1.29 is 5.11 Å². The lowest BCUT2D eigenvalue weighted by molar-refractivity contribution is 0.253. The Morgan fingerprint density at radius 1 is 1.03 bits per heavy atom. The Hall–Kier alpha value is -3.83. The lowest BCUT2D eigenvalue weighted by Crippen LogP contribution is -1.93. The predicted octanol–water partition coefficient (Wildman–Crippen LogP) is 7.27.